The Hall–Kier alpha value is -4.98. The second-order valence-electron chi connectivity index (χ2n) is 11.4. The number of benzene rings is 3. The Balaban J connectivity index is 1.34. The number of carbonyl (C=O) groups is 5. The number of thiophene rings is 1. The molecule has 1 aromatic heterocycles. The van der Waals surface area contributed by atoms with E-state index < -0.39 is 28.9 Å². The molecule has 0 saturated carbocycles. The summed E-state index contributed by atoms with van der Waals surface area (Å²) in [4.78, 5) is 68.1. The molecule has 51 heavy (non-hydrogen) atoms. The van der Waals surface area contributed by atoms with Gasteiger partial charge in [-0.05, 0) is 66.9 Å². The van der Waals surface area contributed by atoms with Gasteiger partial charge >= 0.3 is 5.97 Å². The number of nitrogens with one attached hydrogen (secondary N) is 3. The molecule has 0 fully saturated rings. The molecule has 1 atom stereocenters. The molecule has 0 bridgehead atoms. The third-order valence-corrected chi connectivity index (χ3v) is 10.8. The molecule has 264 valence electrons. The number of hydrogen-bond acceptors (Lipinski definition) is 8. The number of rotatable bonds is 11. The van der Waals surface area contributed by atoms with Crippen molar-refractivity contribution < 1.29 is 33.1 Å². The zero-order valence-corrected chi connectivity index (χ0v) is 30.3. The minimum absolute atomic E-state index is 0.0519. The molecule has 5 rings (SSSR count). The first-order chi connectivity index (χ1) is 24.5. The van der Waals surface area contributed by atoms with E-state index in [1.807, 2.05) is 6.92 Å². The summed E-state index contributed by atoms with van der Waals surface area (Å²) in [5.41, 5.74) is 1.40. The van der Waals surface area contributed by atoms with Gasteiger partial charge in [-0.15, -0.1) is 23.1 Å². The molecular formula is C37H34ClFN4O6S2. The number of halogens is 2. The van der Waals surface area contributed by atoms with Crippen LogP contribution in [0.1, 0.15) is 57.0 Å². The van der Waals surface area contributed by atoms with E-state index in [0.717, 1.165) is 10.4 Å². The van der Waals surface area contributed by atoms with Crippen LogP contribution < -0.4 is 16.0 Å². The van der Waals surface area contributed by atoms with Gasteiger partial charge in [0, 0.05) is 40.1 Å². The highest BCUT2D eigenvalue weighted by atomic mass is 35.5. The highest BCUT2D eigenvalue weighted by Crippen LogP contribution is 2.38. The summed E-state index contributed by atoms with van der Waals surface area (Å²) in [6, 6.07) is 19.1. The zero-order valence-electron chi connectivity index (χ0n) is 27.9. The molecule has 1 aliphatic rings. The highest BCUT2D eigenvalue weighted by Gasteiger charge is 2.31. The van der Waals surface area contributed by atoms with Gasteiger partial charge in [-0.1, -0.05) is 48.9 Å². The average Bonchev–Trinajstić information content (AvgIpc) is 3.48. The average molecular weight is 749 g/mol. The van der Waals surface area contributed by atoms with E-state index in [1.54, 1.807) is 59.5 Å². The molecule has 0 saturated heterocycles. The minimum Gasteiger partial charge on any atom is -0.465 e. The molecule has 3 aromatic carbocycles. The van der Waals surface area contributed by atoms with Crippen molar-refractivity contribution in [3.05, 3.63) is 116 Å². The van der Waals surface area contributed by atoms with Gasteiger partial charge in [-0.2, -0.15) is 0 Å². The Morgan fingerprint density at radius 2 is 1.78 bits per heavy atom. The van der Waals surface area contributed by atoms with Crippen LogP contribution in [0.5, 0.6) is 0 Å². The standard InChI is InChI=1S/C37H34ClFN4O6S2/c1-4-30(35(47)42-36-32(37(48)49-3)25-16-17-43(21(2)44)20-31(25)51-36)50-24-13-8-12-23(18-24)40-34(46)29(19-26-27(38)14-9-15-28(26)39)41-33(45)22-10-6-5-7-11-22/h5-15,18-19,30H,4,16-17,20H2,1-3H3,(H,40,46)(H,41,45)(H,42,47)/b29-19+. The Labute approximate surface area is 307 Å². The van der Waals surface area contributed by atoms with Crippen molar-refractivity contribution >= 4 is 81.1 Å². The van der Waals surface area contributed by atoms with Crippen molar-refractivity contribution in [1.82, 2.24) is 10.2 Å². The van der Waals surface area contributed by atoms with Crippen molar-refractivity contribution in [2.45, 2.75) is 43.4 Å². The summed E-state index contributed by atoms with van der Waals surface area (Å²) in [5, 5.41) is 8.07. The van der Waals surface area contributed by atoms with Crippen LogP contribution in [0.25, 0.3) is 6.08 Å². The van der Waals surface area contributed by atoms with Crippen LogP contribution >= 0.6 is 34.7 Å². The van der Waals surface area contributed by atoms with E-state index in [1.165, 1.54) is 61.4 Å². The van der Waals surface area contributed by atoms with Crippen LogP contribution in [0, 0.1) is 5.82 Å². The van der Waals surface area contributed by atoms with E-state index in [4.69, 9.17) is 16.3 Å². The lowest BCUT2D eigenvalue weighted by Gasteiger charge is -2.25. The lowest BCUT2D eigenvalue weighted by molar-refractivity contribution is -0.129. The Kier molecular flexibility index (Phi) is 12.3. The van der Waals surface area contributed by atoms with Crippen LogP contribution in [0.4, 0.5) is 15.1 Å². The van der Waals surface area contributed by atoms with Crippen molar-refractivity contribution in [3.8, 4) is 0 Å². The maximum atomic E-state index is 14.7. The maximum Gasteiger partial charge on any atom is 0.341 e. The van der Waals surface area contributed by atoms with Crippen molar-refractivity contribution in [1.29, 1.82) is 0 Å². The second-order valence-corrected chi connectivity index (χ2v) is 14.2. The van der Waals surface area contributed by atoms with Gasteiger partial charge in [0.05, 0.1) is 29.5 Å². The van der Waals surface area contributed by atoms with Crippen LogP contribution in [0.2, 0.25) is 5.02 Å². The third kappa shape index (κ3) is 9.04. The second kappa shape index (κ2) is 16.8. The maximum absolute atomic E-state index is 14.7. The Bertz CT molecular complexity index is 2000. The topological polar surface area (TPSA) is 134 Å². The van der Waals surface area contributed by atoms with E-state index >= 15 is 0 Å². The SMILES string of the molecule is CCC(Sc1cccc(NC(=O)/C(=C\c2c(F)cccc2Cl)NC(=O)c2ccccc2)c1)C(=O)Nc1sc2c(c1C(=O)OC)CCN(C(C)=O)C2. The normalized spacial score (nSPS) is 13.1. The zero-order chi connectivity index (χ0) is 36.7. The number of nitrogens with zero attached hydrogens (tertiary/aromatic N) is 1. The summed E-state index contributed by atoms with van der Waals surface area (Å²) in [6.45, 7) is 4.16. The fourth-order valence-corrected chi connectivity index (χ4v) is 7.82. The first-order valence-electron chi connectivity index (χ1n) is 15.9. The molecule has 0 radical (unpaired) electrons. The number of anilines is 2. The Morgan fingerprint density at radius 3 is 2.47 bits per heavy atom. The number of amides is 4. The van der Waals surface area contributed by atoms with Gasteiger partial charge in [-0.3, -0.25) is 19.2 Å². The number of esters is 1. The molecule has 4 aromatic rings. The molecular weight excluding hydrogens is 715 g/mol. The van der Waals surface area contributed by atoms with Crippen LogP contribution in [-0.2, 0) is 32.1 Å². The van der Waals surface area contributed by atoms with Gasteiger partial charge in [0.2, 0.25) is 11.8 Å². The van der Waals surface area contributed by atoms with Crippen LogP contribution in [-0.4, -0.2) is 53.4 Å². The number of thioether (sulfide) groups is 1. The monoisotopic (exact) mass is 748 g/mol. The van der Waals surface area contributed by atoms with Crippen molar-refractivity contribution in [3.63, 3.8) is 0 Å². The first kappa shape index (κ1) is 37.3. The molecule has 10 nitrogen and oxygen atoms in total. The summed E-state index contributed by atoms with van der Waals surface area (Å²) >= 11 is 8.74. The number of hydrogen-bond donors (Lipinski definition) is 3. The predicted octanol–water partition coefficient (Wildman–Crippen LogP) is 7.15. The summed E-state index contributed by atoms with van der Waals surface area (Å²) in [7, 11) is 1.28. The summed E-state index contributed by atoms with van der Waals surface area (Å²) < 4.78 is 19.7. The number of methoxy groups -OCH3 is 1. The minimum atomic E-state index is -0.731. The van der Waals surface area contributed by atoms with E-state index in [0.29, 0.717) is 47.1 Å². The van der Waals surface area contributed by atoms with Crippen LogP contribution in [0.3, 0.4) is 0 Å². The molecule has 0 aliphatic carbocycles. The molecule has 4 amide bonds. The quantitative estimate of drug-likeness (QED) is 0.0843. The van der Waals surface area contributed by atoms with Crippen LogP contribution in [0.15, 0.2) is 83.4 Å². The van der Waals surface area contributed by atoms with E-state index in [9.17, 15) is 28.4 Å². The van der Waals surface area contributed by atoms with Gasteiger partial charge in [0.1, 0.15) is 16.5 Å². The van der Waals surface area contributed by atoms with Gasteiger partial charge in [0.25, 0.3) is 11.8 Å². The summed E-state index contributed by atoms with van der Waals surface area (Å²) in [6.07, 6.45) is 2.08. The first-order valence-corrected chi connectivity index (χ1v) is 18.0. The van der Waals surface area contributed by atoms with Crippen molar-refractivity contribution in [2.24, 2.45) is 0 Å². The number of ether oxygens (including phenoxy) is 1. The van der Waals surface area contributed by atoms with E-state index in [2.05, 4.69) is 16.0 Å². The third-order valence-electron chi connectivity index (χ3n) is 7.98. The summed E-state index contributed by atoms with van der Waals surface area (Å²) in [5.74, 6) is -2.95. The number of fused-ring (bicyclic) bond motifs is 1. The largest absolute Gasteiger partial charge is 0.465 e. The van der Waals surface area contributed by atoms with Gasteiger partial charge in [-0.25, -0.2) is 9.18 Å². The molecule has 1 aliphatic heterocycles. The fourth-order valence-electron chi connectivity index (χ4n) is 5.34. The number of carbonyl (C=O) groups excluding carboxylic acids is 5. The molecule has 14 heteroatoms. The molecule has 0 spiro atoms. The lowest BCUT2D eigenvalue weighted by atomic mass is 10.0. The van der Waals surface area contributed by atoms with E-state index in [-0.39, 0.29) is 33.7 Å². The lowest BCUT2D eigenvalue weighted by Crippen LogP contribution is -2.34. The van der Waals surface area contributed by atoms with Gasteiger partial charge in [0.15, 0.2) is 0 Å². The fraction of sp³-hybridized carbons (Fsp3) is 0.216. The van der Waals surface area contributed by atoms with Crippen molar-refractivity contribution in [2.75, 3.05) is 24.3 Å². The molecule has 1 unspecified atom stereocenters. The molecule has 3 N–H and O–H groups in total. The highest BCUT2D eigenvalue weighted by molar-refractivity contribution is 8.00. The Morgan fingerprint density at radius 1 is 1.04 bits per heavy atom. The predicted molar refractivity (Wildman–Crippen MR) is 197 cm³/mol. The van der Waals surface area contributed by atoms with Gasteiger partial charge < -0.3 is 25.6 Å². The molecule has 2 heterocycles. The smallest absolute Gasteiger partial charge is 0.341 e.